The summed E-state index contributed by atoms with van der Waals surface area (Å²) in [6.07, 6.45) is 4.95. The second-order valence-electron chi connectivity index (χ2n) is 10.4. The van der Waals surface area contributed by atoms with Crippen LogP contribution in [0.15, 0.2) is 52.7 Å². The Hall–Kier alpha value is -4.18. The third-order valence-electron chi connectivity index (χ3n) is 7.09. The second kappa shape index (κ2) is 13.6. The van der Waals surface area contributed by atoms with Crippen molar-refractivity contribution in [1.29, 1.82) is 0 Å². The van der Waals surface area contributed by atoms with Crippen LogP contribution < -0.4 is 21.3 Å². The fourth-order valence-corrected chi connectivity index (χ4v) is 6.16. The number of aromatic nitrogens is 3. The van der Waals surface area contributed by atoms with E-state index in [1.807, 2.05) is 5.38 Å². The minimum Gasteiger partial charge on any atom is -0.379 e. The van der Waals surface area contributed by atoms with Crippen LogP contribution in [0.5, 0.6) is 0 Å². The molecule has 232 valence electrons. The monoisotopic (exact) mass is 684 g/mol. The van der Waals surface area contributed by atoms with Gasteiger partial charge in [0.2, 0.25) is 0 Å². The minimum absolute atomic E-state index is 0.229. The number of rotatable bonds is 10. The van der Waals surface area contributed by atoms with E-state index in [4.69, 9.17) is 4.74 Å². The Morgan fingerprint density at radius 3 is 1.70 bits per heavy atom. The number of morpholine rings is 1. The van der Waals surface area contributed by atoms with Crippen molar-refractivity contribution in [2.45, 2.75) is 0 Å². The van der Waals surface area contributed by atoms with Gasteiger partial charge in [-0.2, -0.15) is 0 Å². The number of nitrogens with zero attached hydrogens (tertiary/aromatic N) is 4. The van der Waals surface area contributed by atoms with Gasteiger partial charge in [0.25, 0.3) is 23.6 Å². The maximum absolute atomic E-state index is 13.1. The molecule has 0 radical (unpaired) electrons. The van der Waals surface area contributed by atoms with Crippen LogP contribution in [-0.2, 0) is 25.9 Å². The normalized spacial score (nSPS) is 13.5. The Bertz CT molecular complexity index is 1700. The Kier molecular flexibility index (Phi) is 9.68. The van der Waals surface area contributed by atoms with Crippen molar-refractivity contribution in [2.75, 3.05) is 55.3 Å². The largest absolute Gasteiger partial charge is 0.379 e. The maximum Gasteiger partial charge on any atom is 0.272 e. The van der Waals surface area contributed by atoms with E-state index < -0.39 is 11.8 Å². The summed E-state index contributed by atoms with van der Waals surface area (Å²) in [5.74, 6) is -1.31. The summed E-state index contributed by atoms with van der Waals surface area (Å²) in [5, 5.41) is 13.2. The van der Waals surface area contributed by atoms with Gasteiger partial charge in [0.05, 0.1) is 35.2 Å². The molecule has 0 bridgehead atoms. The molecule has 0 unspecified atom stereocenters. The molecule has 1 fully saturated rings. The van der Waals surface area contributed by atoms with E-state index >= 15 is 0 Å². The van der Waals surface area contributed by atoms with Crippen molar-refractivity contribution >= 4 is 68.0 Å². The number of aryl methyl sites for hydroxylation is 3. The molecule has 1 aliphatic heterocycles. The van der Waals surface area contributed by atoms with Gasteiger partial charge in [0.1, 0.15) is 17.1 Å². The highest BCUT2D eigenvalue weighted by Crippen LogP contribution is 2.23. The summed E-state index contributed by atoms with van der Waals surface area (Å²) in [4.78, 5) is 54.2. The average Bonchev–Trinajstić information content (AvgIpc) is 3.76. The fraction of sp³-hybridized carbons (Fsp3) is 0.310. The summed E-state index contributed by atoms with van der Waals surface area (Å²) in [5.41, 5.74) is 2.42. The third kappa shape index (κ3) is 7.48. The lowest BCUT2D eigenvalue weighted by Gasteiger charge is -2.26. The standard InChI is InChI=1S/C29H33BrN8O5S/c1-35-14-19(11-22(35)26(39)31-4-5-38-6-8-43-9-7-38)32-27(40)23-12-20(15-36(23)2)33-28(41)24-13-21(16-37(24)3)34-29(42)25-10-18(30)17-44-25/h10-17H,4-9H2,1-3H3,(H,31,39)(H,32,40)(H,33,41)(H,34,42). The maximum atomic E-state index is 13.1. The van der Waals surface area contributed by atoms with Crippen molar-refractivity contribution < 1.29 is 23.9 Å². The predicted molar refractivity (Wildman–Crippen MR) is 172 cm³/mol. The molecule has 4 aromatic heterocycles. The number of carbonyl (C=O) groups excluding carboxylic acids is 4. The third-order valence-corrected chi connectivity index (χ3v) is 8.78. The molecule has 0 spiro atoms. The van der Waals surface area contributed by atoms with E-state index in [0.29, 0.717) is 58.8 Å². The van der Waals surface area contributed by atoms with Gasteiger partial charge < -0.3 is 39.7 Å². The molecule has 0 aliphatic carbocycles. The molecule has 5 rings (SSSR count). The highest BCUT2D eigenvalue weighted by molar-refractivity contribution is 9.10. The van der Waals surface area contributed by atoms with E-state index in [0.717, 1.165) is 24.1 Å². The smallest absolute Gasteiger partial charge is 0.272 e. The van der Waals surface area contributed by atoms with Crippen molar-refractivity contribution in [2.24, 2.45) is 21.1 Å². The first kappa shape index (κ1) is 31.3. The molecule has 1 aliphatic rings. The topological polar surface area (TPSA) is 144 Å². The number of amides is 4. The van der Waals surface area contributed by atoms with Crippen molar-refractivity contribution in [3.63, 3.8) is 0 Å². The molecule has 5 heterocycles. The second-order valence-corrected chi connectivity index (χ2v) is 12.2. The molecule has 4 N–H and O–H groups in total. The van der Waals surface area contributed by atoms with E-state index in [-0.39, 0.29) is 11.8 Å². The number of ether oxygens (including phenoxy) is 1. The predicted octanol–water partition coefficient (Wildman–Crippen LogP) is 3.35. The lowest BCUT2D eigenvalue weighted by molar-refractivity contribution is 0.0383. The van der Waals surface area contributed by atoms with Crippen molar-refractivity contribution in [1.82, 2.24) is 23.9 Å². The van der Waals surface area contributed by atoms with E-state index in [1.54, 1.807) is 77.7 Å². The number of hydrogen-bond donors (Lipinski definition) is 4. The van der Waals surface area contributed by atoms with Crippen molar-refractivity contribution in [3.8, 4) is 0 Å². The zero-order chi connectivity index (χ0) is 31.4. The zero-order valence-electron chi connectivity index (χ0n) is 24.5. The van der Waals surface area contributed by atoms with Gasteiger partial charge in [-0.15, -0.1) is 11.3 Å². The molecule has 15 heteroatoms. The highest BCUT2D eigenvalue weighted by Gasteiger charge is 2.19. The number of hydrogen-bond acceptors (Lipinski definition) is 7. The van der Waals surface area contributed by atoms with Gasteiger partial charge in [-0.05, 0) is 40.2 Å². The molecule has 13 nitrogen and oxygen atoms in total. The Balaban J connectivity index is 1.17. The lowest BCUT2D eigenvalue weighted by Crippen LogP contribution is -2.41. The zero-order valence-corrected chi connectivity index (χ0v) is 26.9. The van der Waals surface area contributed by atoms with Crippen LogP contribution in [0, 0.1) is 0 Å². The van der Waals surface area contributed by atoms with Crippen LogP contribution in [-0.4, -0.2) is 81.6 Å². The molecule has 44 heavy (non-hydrogen) atoms. The van der Waals surface area contributed by atoms with Gasteiger partial charge in [0, 0.05) is 75.8 Å². The van der Waals surface area contributed by atoms with E-state index in [2.05, 4.69) is 42.1 Å². The molecular formula is C29H33BrN8O5S. The number of anilines is 3. The number of nitrogens with one attached hydrogen (secondary N) is 4. The summed E-state index contributed by atoms with van der Waals surface area (Å²) in [6.45, 7) is 4.35. The van der Waals surface area contributed by atoms with Gasteiger partial charge in [0.15, 0.2) is 0 Å². The summed E-state index contributed by atoms with van der Waals surface area (Å²) >= 11 is 4.65. The highest BCUT2D eigenvalue weighted by atomic mass is 79.9. The average molecular weight is 686 g/mol. The molecular weight excluding hydrogens is 652 g/mol. The first-order valence-electron chi connectivity index (χ1n) is 13.8. The molecule has 4 aromatic rings. The summed E-state index contributed by atoms with van der Waals surface area (Å²) in [7, 11) is 5.14. The number of thiophene rings is 1. The van der Waals surface area contributed by atoms with Crippen molar-refractivity contribution in [3.05, 3.63) is 74.7 Å². The quantitative estimate of drug-likeness (QED) is 0.202. The number of carbonyl (C=O) groups is 4. The summed E-state index contributed by atoms with van der Waals surface area (Å²) in [6, 6.07) is 6.49. The molecule has 0 atom stereocenters. The lowest BCUT2D eigenvalue weighted by atomic mass is 10.3. The molecule has 0 saturated carbocycles. The Labute approximate surface area is 266 Å². The van der Waals surface area contributed by atoms with Crippen LogP contribution in [0.4, 0.5) is 17.1 Å². The van der Waals surface area contributed by atoms with Crippen LogP contribution in [0.3, 0.4) is 0 Å². The van der Waals surface area contributed by atoms with Gasteiger partial charge in [-0.3, -0.25) is 24.1 Å². The van der Waals surface area contributed by atoms with Crippen LogP contribution in [0.25, 0.3) is 0 Å². The van der Waals surface area contributed by atoms with Crippen LogP contribution in [0.1, 0.15) is 41.1 Å². The van der Waals surface area contributed by atoms with E-state index in [9.17, 15) is 19.2 Å². The molecule has 0 aromatic carbocycles. The first-order valence-corrected chi connectivity index (χ1v) is 15.5. The minimum atomic E-state index is -0.406. The molecule has 1 saturated heterocycles. The van der Waals surface area contributed by atoms with E-state index in [1.165, 1.54) is 11.3 Å². The Morgan fingerprint density at radius 1 is 0.750 bits per heavy atom. The molecule has 4 amide bonds. The van der Waals surface area contributed by atoms with Crippen LogP contribution >= 0.6 is 27.3 Å². The van der Waals surface area contributed by atoms with Gasteiger partial charge in [-0.1, -0.05) is 0 Å². The SMILES string of the molecule is Cn1cc(NC(=O)c2cc(NC(=O)c3cc(NC(=O)c4cc(Br)cs4)cn3C)cn2C)cc1C(=O)NCCN1CCOCC1. The fourth-order valence-electron chi connectivity index (χ4n) is 4.83. The van der Waals surface area contributed by atoms with Crippen LogP contribution in [0.2, 0.25) is 0 Å². The van der Waals surface area contributed by atoms with Gasteiger partial charge >= 0.3 is 0 Å². The first-order chi connectivity index (χ1) is 21.1. The Morgan fingerprint density at radius 2 is 1.23 bits per heavy atom. The van der Waals surface area contributed by atoms with Gasteiger partial charge in [-0.25, -0.2) is 0 Å². The number of halogens is 1. The summed E-state index contributed by atoms with van der Waals surface area (Å²) < 4.78 is 11.0.